The fourth-order valence-corrected chi connectivity index (χ4v) is 3.35. The largest absolute Gasteiger partial charge is 0.369 e. The fourth-order valence-electron chi connectivity index (χ4n) is 3.35. The van der Waals surface area contributed by atoms with Gasteiger partial charge in [-0.3, -0.25) is 14.5 Å². The number of piperazine rings is 1. The lowest BCUT2D eigenvalue weighted by Gasteiger charge is -2.35. The van der Waals surface area contributed by atoms with Crippen LogP contribution in [0.2, 0.25) is 0 Å². The second-order valence-corrected chi connectivity index (χ2v) is 7.16. The average molecular weight is 365 g/mol. The smallest absolute Gasteiger partial charge is 0.238 e. The summed E-state index contributed by atoms with van der Waals surface area (Å²) in [5, 5.41) is 3.03. The van der Waals surface area contributed by atoms with E-state index < -0.39 is 0 Å². The van der Waals surface area contributed by atoms with Gasteiger partial charge in [-0.2, -0.15) is 0 Å². The molecule has 27 heavy (non-hydrogen) atoms. The molecule has 0 aliphatic carbocycles. The number of Topliss-reactive ketones (excluding diaryl/α,β-unsaturated/α-hetero) is 1. The summed E-state index contributed by atoms with van der Waals surface area (Å²) >= 11 is 0. The predicted molar refractivity (Wildman–Crippen MR) is 110 cm³/mol. The monoisotopic (exact) mass is 365 g/mol. The lowest BCUT2D eigenvalue weighted by atomic mass is 10.1. The normalized spacial score (nSPS) is 14.9. The van der Waals surface area contributed by atoms with Gasteiger partial charge in [0.2, 0.25) is 5.91 Å². The van der Waals surface area contributed by atoms with Crippen LogP contribution < -0.4 is 10.2 Å². The third kappa shape index (κ3) is 4.74. The number of ketones is 1. The van der Waals surface area contributed by atoms with Crippen LogP contribution in [0.1, 0.15) is 28.4 Å². The summed E-state index contributed by atoms with van der Waals surface area (Å²) < 4.78 is 0. The van der Waals surface area contributed by atoms with Crippen molar-refractivity contribution in [3.63, 3.8) is 0 Å². The minimum Gasteiger partial charge on any atom is -0.369 e. The Morgan fingerprint density at radius 2 is 1.63 bits per heavy atom. The molecule has 1 aliphatic rings. The van der Waals surface area contributed by atoms with Crippen LogP contribution in [-0.2, 0) is 4.79 Å². The Kier molecular flexibility index (Phi) is 5.91. The van der Waals surface area contributed by atoms with Crippen molar-refractivity contribution >= 4 is 23.1 Å². The molecule has 1 fully saturated rings. The molecule has 1 aliphatic heterocycles. The molecule has 0 radical (unpaired) electrons. The highest BCUT2D eigenvalue weighted by Gasteiger charge is 2.19. The van der Waals surface area contributed by atoms with E-state index in [9.17, 15) is 9.59 Å². The second-order valence-electron chi connectivity index (χ2n) is 7.16. The number of anilines is 2. The summed E-state index contributed by atoms with van der Waals surface area (Å²) in [6.07, 6.45) is 0. The van der Waals surface area contributed by atoms with E-state index in [0.717, 1.165) is 48.7 Å². The number of aryl methyl sites for hydroxylation is 1. The first-order chi connectivity index (χ1) is 12.9. The van der Waals surface area contributed by atoms with Gasteiger partial charge in [0, 0.05) is 43.1 Å². The zero-order valence-electron chi connectivity index (χ0n) is 16.3. The van der Waals surface area contributed by atoms with E-state index >= 15 is 0 Å². The fraction of sp³-hybridized carbons (Fsp3) is 0.364. The van der Waals surface area contributed by atoms with Crippen molar-refractivity contribution in [2.24, 2.45) is 0 Å². The van der Waals surface area contributed by atoms with E-state index in [4.69, 9.17) is 0 Å². The summed E-state index contributed by atoms with van der Waals surface area (Å²) in [7, 11) is 0. The third-order valence-corrected chi connectivity index (χ3v) is 5.26. The highest BCUT2D eigenvalue weighted by Crippen LogP contribution is 2.19. The number of carbonyl (C=O) groups excluding carboxylic acids is 2. The maximum absolute atomic E-state index is 12.4. The van der Waals surface area contributed by atoms with Crippen molar-refractivity contribution in [1.29, 1.82) is 0 Å². The predicted octanol–water partition coefficient (Wildman–Crippen LogP) is 3.27. The lowest BCUT2D eigenvalue weighted by molar-refractivity contribution is -0.117. The molecule has 0 spiro atoms. The molecule has 5 heteroatoms. The number of rotatable bonds is 5. The van der Waals surface area contributed by atoms with E-state index in [0.29, 0.717) is 6.54 Å². The van der Waals surface area contributed by atoms with E-state index in [1.807, 2.05) is 56.3 Å². The quantitative estimate of drug-likeness (QED) is 0.827. The number of amides is 1. The van der Waals surface area contributed by atoms with Crippen LogP contribution in [0.25, 0.3) is 0 Å². The van der Waals surface area contributed by atoms with Crippen molar-refractivity contribution in [3.05, 3.63) is 59.2 Å². The molecule has 1 N–H and O–H groups in total. The standard InChI is InChI=1S/C22H27N3O2/c1-16-5-4-6-21(17(16)2)23-22(27)15-24-11-13-25(14-12-24)20-9-7-19(8-10-20)18(3)26/h4-10H,11-15H2,1-3H3,(H,23,27). The van der Waals surface area contributed by atoms with Crippen LogP contribution in [-0.4, -0.2) is 49.3 Å². The molecule has 2 aromatic rings. The lowest BCUT2D eigenvalue weighted by Crippen LogP contribution is -2.48. The zero-order valence-corrected chi connectivity index (χ0v) is 16.3. The molecule has 1 heterocycles. The van der Waals surface area contributed by atoms with Crippen LogP contribution in [0.5, 0.6) is 0 Å². The Labute approximate surface area is 161 Å². The Bertz CT molecular complexity index is 822. The SMILES string of the molecule is CC(=O)c1ccc(N2CCN(CC(=O)Nc3cccc(C)c3C)CC2)cc1. The van der Waals surface area contributed by atoms with Crippen molar-refractivity contribution in [1.82, 2.24) is 4.90 Å². The molecular formula is C22H27N3O2. The van der Waals surface area contributed by atoms with E-state index in [1.54, 1.807) is 6.92 Å². The molecule has 2 aromatic carbocycles. The van der Waals surface area contributed by atoms with E-state index in [-0.39, 0.29) is 11.7 Å². The molecule has 0 unspecified atom stereocenters. The Morgan fingerprint density at radius 3 is 2.26 bits per heavy atom. The molecule has 0 aromatic heterocycles. The molecule has 1 saturated heterocycles. The Balaban J connectivity index is 1.51. The number of carbonyl (C=O) groups is 2. The highest BCUT2D eigenvalue weighted by atomic mass is 16.2. The second kappa shape index (κ2) is 8.35. The summed E-state index contributed by atoms with van der Waals surface area (Å²) in [4.78, 5) is 28.3. The molecule has 3 rings (SSSR count). The van der Waals surface area contributed by atoms with Crippen LogP contribution in [0.4, 0.5) is 11.4 Å². The molecule has 1 amide bonds. The van der Waals surface area contributed by atoms with Gasteiger partial charge in [0.05, 0.1) is 6.54 Å². The molecule has 0 atom stereocenters. The minimum atomic E-state index is 0.0305. The maximum atomic E-state index is 12.4. The van der Waals surface area contributed by atoms with Gasteiger partial charge in [-0.05, 0) is 62.2 Å². The molecular weight excluding hydrogens is 338 g/mol. The first-order valence-electron chi connectivity index (χ1n) is 9.38. The van der Waals surface area contributed by atoms with Gasteiger partial charge in [0.15, 0.2) is 5.78 Å². The number of nitrogens with zero attached hydrogens (tertiary/aromatic N) is 2. The van der Waals surface area contributed by atoms with Crippen molar-refractivity contribution in [3.8, 4) is 0 Å². The first kappa shape index (κ1) is 19.1. The van der Waals surface area contributed by atoms with Crippen molar-refractivity contribution < 1.29 is 9.59 Å². The van der Waals surface area contributed by atoms with Gasteiger partial charge in [-0.15, -0.1) is 0 Å². The summed E-state index contributed by atoms with van der Waals surface area (Å²) in [5.41, 5.74) is 5.05. The number of nitrogens with one attached hydrogen (secondary N) is 1. The van der Waals surface area contributed by atoms with Gasteiger partial charge >= 0.3 is 0 Å². The van der Waals surface area contributed by atoms with Crippen LogP contribution in [0.3, 0.4) is 0 Å². The highest BCUT2D eigenvalue weighted by molar-refractivity contribution is 5.94. The zero-order chi connectivity index (χ0) is 19.4. The summed E-state index contributed by atoms with van der Waals surface area (Å²) in [5.74, 6) is 0.115. The topological polar surface area (TPSA) is 52.7 Å². The van der Waals surface area contributed by atoms with Crippen LogP contribution >= 0.6 is 0 Å². The first-order valence-corrected chi connectivity index (χ1v) is 9.38. The number of benzene rings is 2. The molecule has 142 valence electrons. The van der Waals surface area contributed by atoms with Crippen LogP contribution in [0.15, 0.2) is 42.5 Å². The summed E-state index contributed by atoms with van der Waals surface area (Å²) in [6, 6.07) is 13.7. The maximum Gasteiger partial charge on any atom is 0.238 e. The molecule has 0 saturated carbocycles. The Hall–Kier alpha value is -2.66. The number of hydrogen-bond acceptors (Lipinski definition) is 4. The van der Waals surface area contributed by atoms with Gasteiger partial charge < -0.3 is 10.2 Å². The van der Waals surface area contributed by atoms with Crippen molar-refractivity contribution in [2.75, 3.05) is 42.9 Å². The third-order valence-electron chi connectivity index (χ3n) is 5.26. The molecule has 0 bridgehead atoms. The Morgan fingerprint density at radius 1 is 0.963 bits per heavy atom. The van der Waals surface area contributed by atoms with Gasteiger partial charge in [-0.25, -0.2) is 0 Å². The minimum absolute atomic E-state index is 0.0305. The van der Waals surface area contributed by atoms with E-state index in [2.05, 4.69) is 15.1 Å². The van der Waals surface area contributed by atoms with Crippen LogP contribution in [0, 0.1) is 13.8 Å². The van der Waals surface area contributed by atoms with Gasteiger partial charge in [-0.1, -0.05) is 12.1 Å². The number of hydrogen-bond donors (Lipinski definition) is 1. The summed E-state index contributed by atoms with van der Waals surface area (Å²) in [6.45, 7) is 9.49. The van der Waals surface area contributed by atoms with E-state index in [1.165, 1.54) is 5.56 Å². The molecule has 5 nitrogen and oxygen atoms in total. The van der Waals surface area contributed by atoms with Gasteiger partial charge in [0.25, 0.3) is 0 Å². The van der Waals surface area contributed by atoms with Crippen molar-refractivity contribution in [2.45, 2.75) is 20.8 Å². The van der Waals surface area contributed by atoms with Gasteiger partial charge in [0.1, 0.15) is 0 Å². The average Bonchev–Trinajstić information content (AvgIpc) is 2.66.